The van der Waals surface area contributed by atoms with Gasteiger partial charge in [0.25, 0.3) is 0 Å². The second kappa shape index (κ2) is 5.90. The van der Waals surface area contributed by atoms with Gasteiger partial charge < -0.3 is 25.3 Å². The van der Waals surface area contributed by atoms with Gasteiger partial charge in [-0.2, -0.15) is 0 Å². The van der Waals surface area contributed by atoms with Crippen LogP contribution in [0.1, 0.15) is 0 Å². The van der Waals surface area contributed by atoms with Crippen molar-refractivity contribution in [2.24, 2.45) is 0 Å². The van der Waals surface area contributed by atoms with Gasteiger partial charge in [0.05, 0.1) is 18.1 Å². The molecule has 112 valence electrons. The SMILES string of the molecule is COc1cccc(NC(=O)Nc2ccc3[nH]c(=S)[nH]c3c2)c1. The highest BCUT2D eigenvalue weighted by Gasteiger charge is 2.05. The summed E-state index contributed by atoms with van der Waals surface area (Å²) in [5, 5.41) is 5.52. The molecule has 2 aromatic carbocycles. The van der Waals surface area contributed by atoms with Gasteiger partial charge in [0.1, 0.15) is 5.75 Å². The van der Waals surface area contributed by atoms with Gasteiger partial charge in [-0.15, -0.1) is 0 Å². The zero-order valence-corrected chi connectivity index (χ0v) is 12.6. The molecule has 0 spiro atoms. The number of hydrogen-bond donors (Lipinski definition) is 4. The molecule has 1 heterocycles. The van der Waals surface area contributed by atoms with E-state index in [-0.39, 0.29) is 6.03 Å². The summed E-state index contributed by atoms with van der Waals surface area (Å²) >= 11 is 5.03. The van der Waals surface area contributed by atoms with Crippen molar-refractivity contribution < 1.29 is 9.53 Å². The quantitative estimate of drug-likeness (QED) is 0.554. The fourth-order valence-corrected chi connectivity index (χ4v) is 2.32. The average molecular weight is 314 g/mol. The highest BCUT2D eigenvalue weighted by atomic mass is 32.1. The number of amides is 2. The zero-order chi connectivity index (χ0) is 15.5. The third-order valence-electron chi connectivity index (χ3n) is 3.10. The Morgan fingerprint density at radius 3 is 2.55 bits per heavy atom. The molecule has 0 fully saturated rings. The summed E-state index contributed by atoms with van der Waals surface area (Å²) in [4.78, 5) is 18.0. The number of hydrogen-bond acceptors (Lipinski definition) is 3. The zero-order valence-electron chi connectivity index (χ0n) is 11.8. The minimum Gasteiger partial charge on any atom is -0.497 e. The first kappa shape index (κ1) is 14.2. The van der Waals surface area contributed by atoms with E-state index in [2.05, 4.69) is 20.6 Å². The van der Waals surface area contributed by atoms with Crippen LogP contribution in [0.2, 0.25) is 0 Å². The number of carbonyl (C=O) groups is 1. The molecule has 0 aliphatic rings. The van der Waals surface area contributed by atoms with Gasteiger partial charge in [-0.3, -0.25) is 0 Å². The molecule has 0 aliphatic carbocycles. The maximum absolute atomic E-state index is 12.0. The Labute approximate surface area is 131 Å². The van der Waals surface area contributed by atoms with Gasteiger partial charge in [-0.05, 0) is 42.5 Å². The van der Waals surface area contributed by atoms with Crippen molar-refractivity contribution in [2.75, 3.05) is 17.7 Å². The average Bonchev–Trinajstić information content (AvgIpc) is 2.86. The first-order valence-electron chi connectivity index (χ1n) is 6.58. The molecule has 7 heteroatoms. The number of urea groups is 1. The number of aromatic nitrogens is 2. The van der Waals surface area contributed by atoms with Crippen LogP contribution in [0, 0.1) is 4.77 Å². The first-order valence-corrected chi connectivity index (χ1v) is 6.99. The largest absolute Gasteiger partial charge is 0.497 e. The van der Waals surface area contributed by atoms with E-state index in [9.17, 15) is 4.79 Å². The molecule has 0 aliphatic heterocycles. The molecule has 0 atom stereocenters. The molecule has 2 amide bonds. The molecule has 4 N–H and O–H groups in total. The minimum atomic E-state index is -0.332. The van der Waals surface area contributed by atoms with E-state index in [0.29, 0.717) is 21.9 Å². The number of H-pyrrole nitrogens is 2. The van der Waals surface area contributed by atoms with Crippen molar-refractivity contribution in [1.82, 2.24) is 9.97 Å². The number of anilines is 2. The smallest absolute Gasteiger partial charge is 0.323 e. The lowest BCUT2D eigenvalue weighted by Crippen LogP contribution is -2.19. The van der Waals surface area contributed by atoms with E-state index in [0.717, 1.165) is 11.0 Å². The number of fused-ring (bicyclic) bond motifs is 1. The van der Waals surface area contributed by atoms with Crippen LogP contribution < -0.4 is 15.4 Å². The highest BCUT2D eigenvalue weighted by molar-refractivity contribution is 7.71. The van der Waals surface area contributed by atoms with Crippen molar-refractivity contribution in [2.45, 2.75) is 0 Å². The molecule has 0 radical (unpaired) electrons. The van der Waals surface area contributed by atoms with Crippen LogP contribution in [0.25, 0.3) is 11.0 Å². The summed E-state index contributed by atoms with van der Waals surface area (Å²) in [6, 6.07) is 12.3. The van der Waals surface area contributed by atoms with Gasteiger partial charge in [-0.25, -0.2) is 4.79 Å². The van der Waals surface area contributed by atoms with E-state index in [1.807, 2.05) is 18.2 Å². The summed E-state index contributed by atoms with van der Waals surface area (Å²) < 4.78 is 5.67. The van der Waals surface area contributed by atoms with Gasteiger partial charge in [0, 0.05) is 17.4 Å². The molecule has 6 nitrogen and oxygen atoms in total. The number of aromatic amines is 2. The Kier molecular flexibility index (Phi) is 3.80. The molecular weight excluding hydrogens is 300 g/mol. The summed E-state index contributed by atoms with van der Waals surface area (Å²) in [5.41, 5.74) is 3.05. The normalized spacial score (nSPS) is 10.4. The summed E-state index contributed by atoms with van der Waals surface area (Å²) in [6.07, 6.45) is 0. The molecule has 3 rings (SSSR count). The van der Waals surface area contributed by atoms with Crippen LogP contribution in [0.5, 0.6) is 5.75 Å². The number of ether oxygens (including phenoxy) is 1. The molecular formula is C15H14N4O2S. The lowest BCUT2D eigenvalue weighted by atomic mass is 10.3. The maximum Gasteiger partial charge on any atom is 0.323 e. The lowest BCUT2D eigenvalue weighted by molar-refractivity contribution is 0.262. The van der Waals surface area contributed by atoms with Crippen molar-refractivity contribution in [3.63, 3.8) is 0 Å². The third-order valence-corrected chi connectivity index (χ3v) is 3.31. The van der Waals surface area contributed by atoms with Crippen LogP contribution in [0.4, 0.5) is 16.2 Å². The number of rotatable bonds is 3. The highest BCUT2D eigenvalue weighted by Crippen LogP contribution is 2.18. The summed E-state index contributed by atoms with van der Waals surface area (Å²) in [6.45, 7) is 0. The number of carbonyl (C=O) groups excluding carboxylic acids is 1. The van der Waals surface area contributed by atoms with Gasteiger partial charge in [0.2, 0.25) is 0 Å². The second-order valence-corrected chi connectivity index (χ2v) is 5.06. The van der Waals surface area contributed by atoms with Crippen molar-refractivity contribution in [1.29, 1.82) is 0 Å². The molecule has 1 aromatic heterocycles. The van der Waals surface area contributed by atoms with Crippen LogP contribution in [0.3, 0.4) is 0 Å². The Balaban J connectivity index is 1.73. The predicted octanol–water partition coefficient (Wildman–Crippen LogP) is 3.88. The standard InChI is InChI=1S/C15H14N4O2S/c1-21-11-4-2-3-9(7-11)16-14(20)17-10-5-6-12-13(8-10)19-15(22)18-12/h2-8H,1H3,(H2,16,17,20)(H2,18,19,22). The number of imidazole rings is 1. The number of benzene rings is 2. The fraction of sp³-hybridized carbons (Fsp3) is 0.0667. The van der Waals surface area contributed by atoms with Crippen molar-refractivity contribution in [3.8, 4) is 5.75 Å². The van der Waals surface area contributed by atoms with E-state index < -0.39 is 0 Å². The van der Waals surface area contributed by atoms with Crippen molar-refractivity contribution >= 4 is 40.7 Å². The maximum atomic E-state index is 12.0. The summed E-state index contributed by atoms with van der Waals surface area (Å²) in [5.74, 6) is 0.680. The summed E-state index contributed by atoms with van der Waals surface area (Å²) in [7, 11) is 1.58. The van der Waals surface area contributed by atoms with Crippen LogP contribution in [-0.4, -0.2) is 23.1 Å². The minimum absolute atomic E-state index is 0.332. The fourth-order valence-electron chi connectivity index (χ4n) is 2.10. The molecule has 22 heavy (non-hydrogen) atoms. The number of methoxy groups -OCH3 is 1. The van der Waals surface area contributed by atoms with E-state index in [4.69, 9.17) is 17.0 Å². The van der Waals surface area contributed by atoms with Gasteiger partial charge in [0.15, 0.2) is 4.77 Å². The number of nitrogens with one attached hydrogen (secondary N) is 4. The monoisotopic (exact) mass is 314 g/mol. The third kappa shape index (κ3) is 3.09. The Morgan fingerprint density at radius 1 is 1.05 bits per heavy atom. The Bertz CT molecular complexity index is 884. The second-order valence-electron chi connectivity index (χ2n) is 4.65. The van der Waals surface area contributed by atoms with Crippen LogP contribution in [0.15, 0.2) is 42.5 Å². The van der Waals surface area contributed by atoms with E-state index >= 15 is 0 Å². The lowest BCUT2D eigenvalue weighted by Gasteiger charge is -2.08. The molecule has 0 unspecified atom stereocenters. The Hall–Kier alpha value is -2.80. The van der Waals surface area contributed by atoms with Gasteiger partial charge in [-0.1, -0.05) is 6.07 Å². The topological polar surface area (TPSA) is 81.9 Å². The van der Waals surface area contributed by atoms with Crippen LogP contribution >= 0.6 is 12.2 Å². The first-order chi connectivity index (χ1) is 10.6. The molecule has 0 saturated heterocycles. The molecule has 0 bridgehead atoms. The molecule has 0 saturated carbocycles. The molecule has 3 aromatic rings. The van der Waals surface area contributed by atoms with E-state index in [1.165, 1.54) is 0 Å². The van der Waals surface area contributed by atoms with E-state index in [1.54, 1.807) is 31.4 Å². The van der Waals surface area contributed by atoms with Crippen LogP contribution in [-0.2, 0) is 0 Å². The van der Waals surface area contributed by atoms with Crippen molar-refractivity contribution in [3.05, 3.63) is 47.2 Å². The predicted molar refractivity (Wildman–Crippen MR) is 89.1 cm³/mol. The Morgan fingerprint density at radius 2 is 1.77 bits per heavy atom. The van der Waals surface area contributed by atoms with Gasteiger partial charge >= 0.3 is 6.03 Å².